The Labute approximate surface area is 121 Å². The molecular weight excluding hydrogens is 232 g/mol. The van der Waals surface area contributed by atoms with Crippen LogP contribution in [0.15, 0.2) is 0 Å². The molecule has 1 aliphatic rings. The van der Waals surface area contributed by atoms with Gasteiger partial charge in [-0.15, -0.1) is 0 Å². The van der Waals surface area contributed by atoms with Gasteiger partial charge >= 0.3 is 0 Å². The van der Waals surface area contributed by atoms with E-state index in [4.69, 9.17) is 0 Å². The van der Waals surface area contributed by atoms with Crippen LogP contribution in [0.4, 0.5) is 0 Å². The number of hydrogen-bond acceptors (Lipinski definition) is 2. The van der Waals surface area contributed by atoms with E-state index in [2.05, 4.69) is 37.9 Å². The van der Waals surface area contributed by atoms with E-state index in [0.29, 0.717) is 0 Å². The number of nitrogens with zero attached hydrogens (tertiary/aromatic N) is 1. The minimum absolute atomic E-state index is 0.737. The summed E-state index contributed by atoms with van der Waals surface area (Å²) in [5.74, 6) is 0.959. The van der Waals surface area contributed by atoms with Crippen LogP contribution in [-0.2, 0) is 0 Å². The predicted octanol–water partition coefficient (Wildman–Crippen LogP) is 4.06. The van der Waals surface area contributed by atoms with Gasteiger partial charge in [0, 0.05) is 12.1 Å². The maximum absolute atomic E-state index is 3.82. The van der Waals surface area contributed by atoms with Crippen LogP contribution in [0, 0.1) is 5.92 Å². The first-order chi connectivity index (χ1) is 9.26. The Kier molecular flexibility index (Phi) is 8.72. The van der Waals surface area contributed by atoms with E-state index < -0.39 is 0 Å². The normalized spacial score (nSPS) is 27.9. The molecule has 0 aromatic heterocycles. The van der Waals surface area contributed by atoms with E-state index in [-0.39, 0.29) is 0 Å². The van der Waals surface area contributed by atoms with Gasteiger partial charge in [0.05, 0.1) is 0 Å². The Balaban J connectivity index is 2.66. The van der Waals surface area contributed by atoms with E-state index in [1.54, 1.807) is 0 Å². The van der Waals surface area contributed by atoms with E-state index in [1.807, 2.05) is 0 Å². The van der Waals surface area contributed by atoms with Gasteiger partial charge in [-0.25, -0.2) is 0 Å². The topological polar surface area (TPSA) is 15.3 Å². The monoisotopic (exact) mass is 268 g/mol. The Bertz CT molecular complexity index is 211. The third-order valence-electron chi connectivity index (χ3n) is 4.65. The lowest BCUT2D eigenvalue weighted by atomic mass is 9.80. The molecule has 114 valence electrons. The third kappa shape index (κ3) is 5.43. The van der Waals surface area contributed by atoms with Crippen molar-refractivity contribution in [2.24, 2.45) is 5.92 Å². The zero-order valence-corrected chi connectivity index (χ0v) is 13.8. The summed E-state index contributed by atoms with van der Waals surface area (Å²) in [4.78, 5) is 2.77. The summed E-state index contributed by atoms with van der Waals surface area (Å²) in [6.07, 6.45) is 9.41. The standard InChI is InChI=1S/C17H36N2/c1-5-11-18-16-10-9-15(8-4)14-17(16)19(12-6-2)13-7-3/h15-18H,5-14H2,1-4H3. The highest BCUT2D eigenvalue weighted by Gasteiger charge is 2.32. The Morgan fingerprint density at radius 2 is 1.63 bits per heavy atom. The van der Waals surface area contributed by atoms with Crippen molar-refractivity contribution in [3.05, 3.63) is 0 Å². The molecule has 2 heteroatoms. The summed E-state index contributed by atoms with van der Waals surface area (Å²) >= 11 is 0. The van der Waals surface area contributed by atoms with Crippen molar-refractivity contribution in [3.8, 4) is 0 Å². The molecule has 0 aliphatic heterocycles. The molecular formula is C17H36N2. The average Bonchev–Trinajstić information content (AvgIpc) is 2.44. The van der Waals surface area contributed by atoms with Gasteiger partial charge in [-0.1, -0.05) is 34.1 Å². The summed E-state index contributed by atoms with van der Waals surface area (Å²) in [7, 11) is 0. The van der Waals surface area contributed by atoms with Gasteiger partial charge in [0.2, 0.25) is 0 Å². The molecule has 3 atom stereocenters. The zero-order valence-electron chi connectivity index (χ0n) is 13.8. The highest BCUT2D eigenvalue weighted by atomic mass is 15.2. The highest BCUT2D eigenvalue weighted by Crippen LogP contribution is 2.30. The molecule has 0 amide bonds. The smallest absolute Gasteiger partial charge is 0.0251 e. The molecule has 3 unspecified atom stereocenters. The van der Waals surface area contributed by atoms with Gasteiger partial charge in [0.25, 0.3) is 0 Å². The van der Waals surface area contributed by atoms with E-state index in [1.165, 1.54) is 64.6 Å². The summed E-state index contributed by atoms with van der Waals surface area (Å²) < 4.78 is 0. The number of rotatable bonds is 9. The fourth-order valence-electron chi connectivity index (χ4n) is 3.59. The second kappa shape index (κ2) is 9.77. The minimum Gasteiger partial charge on any atom is -0.312 e. The maximum Gasteiger partial charge on any atom is 0.0251 e. The quantitative estimate of drug-likeness (QED) is 0.678. The second-order valence-corrected chi connectivity index (χ2v) is 6.25. The molecule has 1 aliphatic carbocycles. The van der Waals surface area contributed by atoms with Crippen LogP contribution in [0.25, 0.3) is 0 Å². The van der Waals surface area contributed by atoms with Crippen LogP contribution in [0.5, 0.6) is 0 Å². The van der Waals surface area contributed by atoms with Crippen LogP contribution in [0.1, 0.15) is 72.6 Å². The Morgan fingerprint density at radius 3 is 2.16 bits per heavy atom. The fraction of sp³-hybridized carbons (Fsp3) is 1.00. The van der Waals surface area contributed by atoms with Crippen molar-refractivity contribution in [1.82, 2.24) is 10.2 Å². The van der Waals surface area contributed by atoms with Crippen molar-refractivity contribution in [3.63, 3.8) is 0 Å². The van der Waals surface area contributed by atoms with Gasteiger partial charge in [-0.2, -0.15) is 0 Å². The van der Waals surface area contributed by atoms with E-state index in [0.717, 1.165) is 18.0 Å². The molecule has 1 saturated carbocycles. The molecule has 0 spiro atoms. The van der Waals surface area contributed by atoms with Crippen molar-refractivity contribution in [1.29, 1.82) is 0 Å². The molecule has 0 heterocycles. The Morgan fingerprint density at radius 1 is 0.947 bits per heavy atom. The van der Waals surface area contributed by atoms with Crippen molar-refractivity contribution in [2.45, 2.75) is 84.7 Å². The van der Waals surface area contributed by atoms with Crippen LogP contribution >= 0.6 is 0 Å². The second-order valence-electron chi connectivity index (χ2n) is 6.25. The number of nitrogens with one attached hydrogen (secondary N) is 1. The zero-order chi connectivity index (χ0) is 14.1. The average molecular weight is 268 g/mol. The lowest BCUT2D eigenvalue weighted by molar-refractivity contribution is 0.0949. The molecule has 0 bridgehead atoms. The van der Waals surface area contributed by atoms with Gasteiger partial charge in [0.15, 0.2) is 0 Å². The highest BCUT2D eigenvalue weighted by molar-refractivity contribution is 4.91. The molecule has 0 aromatic carbocycles. The molecule has 2 nitrogen and oxygen atoms in total. The van der Waals surface area contributed by atoms with Crippen molar-refractivity contribution in [2.75, 3.05) is 19.6 Å². The lowest BCUT2D eigenvalue weighted by Crippen LogP contribution is -2.53. The van der Waals surface area contributed by atoms with Crippen molar-refractivity contribution < 1.29 is 0 Å². The number of hydrogen-bond donors (Lipinski definition) is 1. The third-order valence-corrected chi connectivity index (χ3v) is 4.65. The van der Waals surface area contributed by atoms with Crippen LogP contribution in [0.3, 0.4) is 0 Å². The van der Waals surface area contributed by atoms with E-state index in [9.17, 15) is 0 Å². The molecule has 0 saturated heterocycles. The summed E-state index contributed by atoms with van der Waals surface area (Å²) in [6, 6.07) is 1.52. The summed E-state index contributed by atoms with van der Waals surface area (Å²) in [5.41, 5.74) is 0. The molecule has 0 aromatic rings. The first kappa shape index (κ1) is 17.0. The largest absolute Gasteiger partial charge is 0.312 e. The van der Waals surface area contributed by atoms with Crippen LogP contribution in [-0.4, -0.2) is 36.6 Å². The first-order valence-corrected chi connectivity index (χ1v) is 8.74. The lowest BCUT2D eigenvalue weighted by Gasteiger charge is -2.43. The SMILES string of the molecule is CCCNC1CCC(CC)CC1N(CCC)CCC. The summed E-state index contributed by atoms with van der Waals surface area (Å²) in [6.45, 7) is 13.0. The van der Waals surface area contributed by atoms with Crippen LogP contribution < -0.4 is 5.32 Å². The predicted molar refractivity (Wildman–Crippen MR) is 85.7 cm³/mol. The molecule has 0 radical (unpaired) electrons. The molecule has 1 fully saturated rings. The van der Waals surface area contributed by atoms with Crippen LogP contribution in [0.2, 0.25) is 0 Å². The molecule has 1 N–H and O–H groups in total. The minimum atomic E-state index is 0.737. The Hall–Kier alpha value is -0.0800. The molecule has 1 rings (SSSR count). The van der Waals surface area contributed by atoms with E-state index >= 15 is 0 Å². The van der Waals surface area contributed by atoms with Gasteiger partial charge in [-0.05, 0) is 64.1 Å². The molecule has 19 heavy (non-hydrogen) atoms. The summed E-state index contributed by atoms with van der Waals surface area (Å²) in [5, 5.41) is 3.82. The van der Waals surface area contributed by atoms with Gasteiger partial charge in [-0.3, -0.25) is 4.90 Å². The first-order valence-electron chi connectivity index (χ1n) is 8.74. The van der Waals surface area contributed by atoms with Gasteiger partial charge in [0.1, 0.15) is 0 Å². The maximum atomic E-state index is 3.82. The van der Waals surface area contributed by atoms with Gasteiger partial charge < -0.3 is 5.32 Å². The van der Waals surface area contributed by atoms with Crippen molar-refractivity contribution >= 4 is 0 Å². The fourth-order valence-corrected chi connectivity index (χ4v) is 3.59.